The molecule has 0 N–H and O–H groups in total. The maximum Gasteiger partial charge on any atom is 0.163 e. The van der Waals surface area contributed by atoms with Crippen molar-refractivity contribution in [2.24, 2.45) is 0 Å². The largest absolute Gasteiger partial charge is 0.491 e. The molecule has 0 spiro atoms. The van der Waals surface area contributed by atoms with Crippen LogP contribution < -0.4 is 4.74 Å². The predicted molar refractivity (Wildman–Crippen MR) is 65.2 cm³/mol. The van der Waals surface area contributed by atoms with Crippen molar-refractivity contribution in [3.05, 3.63) is 29.3 Å². The van der Waals surface area contributed by atoms with Crippen LogP contribution in [0.3, 0.4) is 0 Å². The lowest BCUT2D eigenvalue weighted by molar-refractivity contribution is 0.101. The van der Waals surface area contributed by atoms with Gasteiger partial charge in [-0.25, -0.2) is 0 Å². The summed E-state index contributed by atoms with van der Waals surface area (Å²) in [7, 11) is 3.89. The van der Waals surface area contributed by atoms with E-state index in [1.165, 1.54) is 6.92 Å². The molecule has 0 radical (unpaired) electrons. The molecule has 1 rings (SSSR count). The van der Waals surface area contributed by atoms with Gasteiger partial charge in [-0.1, -0.05) is 0 Å². The van der Waals surface area contributed by atoms with E-state index in [-0.39, 0.29) is 5.78 Å². The van der Waals surface area contributed by atoms with Crippen molar-refractivity contribution < 1.29 is 9.53 Å². The minimum Gasteiger partial charge on any atom is -0.491 e. The van der Waals surface area contributed by atoms with Gasteiger partial charge in [-0.3, -0.25) is 4.79 Å². The fourth-order valence-electron chi connectivity index (χ4n) is 1.34. The molecular weight excluding hydrogens is 216 g/mol. The summed E-state index contributed by atoms with van der Waals surface area (Å²) in [5, 5.41) is 8.81. The van der Waals surface area contributed by atoms with Crippen molar-refractivity contribution in [1.82, 2.24) is 4.90 Å². The number of nitriles is 1. The number of nitrogens with zero attached hydrogens (tertiary/aromatic N) is 2. The van der Waals surface area contributed by atoms with E-state index in [1.54, 1.807) is 18.2 Å². The zero-order chi connectivity index (χ0) is 12.8. The lowest BCUT2D eigenvalue weighted by Crippen LogP contribution is -2.20. The van der Waals surface area contributed by atoms with Crippen LogP contribution in [0.2, 0.25) is 0 Å². The minimum atomic E-state index is -0.0608. The van der Waals surface area contributed by atoms with Crippen LogP contribution in [0.1, 0.15) is 22.8 Å². The molecule has 0 aliphatic carbocycles. The van der Waals surface area contributed by atoms with Crippen LogP contribution in [-0.2, 0) is 0 Å². The van der Waals surface area contributed by atoms with Gasteiger partial charge in [-0.15, -0.1) is 0 Å². The Hall–Kier alpha value is -1.86. The number of carbonyl (C=O) groups excluding carboxylic acids is 1. The minimum absolute atomic E-state index is 0.0608. The van der Waals surface area contributed by atoms with Crippen LogP contribution in [0, 0.1) is 11.3 Å². The second-order valence-corrected chi connectivity index (χ2v) is 4.03. The number of ether oxygens (including phenoxy) is 1. The van der Waals surface area contributed by atoms with Crippen molar-refractivity contribution in [2.45, 2.75) is 6.92 Å². The van der Waals surface area contributed by atoms with Gasteiger partial charge in [-0.05, 0) is 39.2 Å². The maximum absolute atomic E-state index is 11.4. The summed E-state index contributed by atoms with van der Waals surface area (Å²) in [4.78, 5) is 13.4. The quantitative estimate of drug-likeness (QED) is 0.725. The van der Waals surface area contributed by atoms with Gasteiger partial charge in [-0.2, -0.15) is 5.26 Å². The molecule has 4 nitrogen and oxygen atoms in total. The first-order valence-corrected chi connectivity index (χ1v) is 5.37. The van der Waals surface area contributed by atoms with E-state index in [4.69, 9.17) is 10.00 Å². The van der Waals surface area contributed by atoms with Crippen LogP contribution >= 0.6 is 0 Å². The van der Waals surface area contributed by atoms with Crippen molar-refractivity contribution in [3.8, 4) is 11.8 Å². The van der Waals surface area contributed by atoms with Gasteiger partial charge in [0.25, 0.3) is 0 Å². The average Bonchev–Trinajstić information content (AvgIpc) is 2.28. The molecule has 0 aromatic heterocycles. The summed E-state index contributed by atoms with van der Waals surface area (Å²) in [5.74, 6) is 0.424. The highest BCUT2D eigenvalue weighted by molar-refractivity contribution is 5.97. The van der Waals surface area contributed by atoms with E-state index in [2.05, 4.69) is 0 Å². The highest BCUT2D eigenvalue weighted by Gasteiger charge is 2.09. The number of rotatable bonds is 5. The highest BCUT2D eigenvalue weighted by Crippen LogP contribution is 2.20. The third-order valence-electron chi connectivity index (χ3n) is 2.29. The van der Waals surface area contributed by atoms with Crippen molar-refractivity contribution in [2.75, 3.05) is 27.2 Å². The van der Waals surface area contributed by atoms with Crippen LogP contribution in [0.5, 0.6) is 5.75 Å². The standard InChI is InChI=1S/C13H16N2O2/c1-10(16)12-5-4-11(9-14)8-13(12)17-7-6-15(2)3/h4-5,8H,6-7H2,1-3H3. The van der Waals surface area contributed by atoms with Gasteiger partial charge in [0.15, 0.2) is 5.78 Å². The van der Waals surface area contributed by atoms with Gasteiger partial charge in [0.1, 0.15) is 12.4 Å². The molecule has 0 aliphatic heterocycles. The van der Waals surface area contributed by atoms with E-state index < -0.39 is 0 Å². The van der Waals surface area contributed by atoms with Crippen LogP contribution in [0.4, 0.5) is 0 Å². The summed E-state index contributed by atoms with van der Waals surface area (Å²) in [6, 6.07) is 6.89. The summed E-state index contributed by atoms with van der Waals surface area (Å²) in [6.45, 7) is 2.73. The Morgan fingerprint density at radius 1 is 1.47 bits per heavy atom. The number of carbonyl (C=O) groups is 1. The molecule has 0 saturated carbocycles. The Bertz CT molecular complexity index is 447. The molecule has 0 fully saturated rings. The number of Topliss-reactive ketones (excluding diaryl/α,β-unsaturated/α-hetero) is 1. The molecular formula is C13H16N2O2. The van der Waals surface area contributed by atoms with E-state index in [0.717, 1.165) is 6.54 Å². The lowest BCUT2D eigenvalue weighted by atomic mass is 10.1. The highest BCUT2D eigenvalue weighted by atomic mass is 16.5. The van der Waals surface area contributed by atoms with E-state index in [9.17, 15) is 4.79 Å². The van der Waals surface area contributed by atoms with E-state index >= 15 is 0 Å². The summed E-state index contributed by atoms with van der Waals surface area (Å²) < 4.78 is 5.54. The first-order valence-electron chi connectivity index (χ1n) is 5.37. The number of benzene rings is 1. The third-order valence-corrected chi connectivity index (χ3v) is 2.29. The number of hydrogen-bond acceptors (Lipinski definition) is 4. The Balaban J connectivity index is 2.86. The molecule has 4 heteroatoms. The third kappa shape index (κ3) is 3.89. The number of hydrogen-bond donors (Lipinski definition) is 0. The molecule has 0 bridgehead atoms. The Labute approximate surface area is 101 Å². The summed E-state index contributed by atoms with van der Waals surface area (Å²) >= 11 is 0. The van der Waals surface area contributed by atoms with Crippen LogP contribution in [0.15, 0.2) is 18.2 Å². The fourth-order valence-corrected chi connectivity index (χ4v) is 1.34. The monoisotopic (exact) mass is 232 g/mol. The topological polar surface area (TPSA) is 53.3 Å². The number of ketones is 1. The molecule has 0 unspecified atom stereocenters. The van der Waals surface area contributed by atoms with Crippen LogP contribution in [-0.4, -0.2) is 37.9 Å². The van der Waals surface area contributed by atoms with Crippen molar-refractivity contribution >= 4 is 5.78 Å². The average molecular weight is 232 g/mol. The summed E-state index contributed by atoms with van der Waals surface area (Å²) in [5.41, 5.74) is 1.01. The molecule has 1 aromatic rings. The van der Waals surface area contributed by atoms with Gasteiger partial charge < -0.3 is 9.64 Å². The lowest BCUT2D eigenvalue weighted by Gasteiger charge is -2.13. The fraction of sp³-hybridized carbons (Fsp3) is 0.385. The Morgan fingerprint density at radius 3 is 2.71 bits per heavy atom. The zero-order valence-corrected chi connectivity index (χ0v) is 10.4. The molecule has 0 aliphatic rings. The first kappa shape index (κ1) is 13.2. The van der Waals surface area contributed by atoms with Gasteiger partial charge in [0, 0.05) is 6.54 Å². The molecule has 0 amide bonds. The molecule has 1 aromatic carbocycles. The predicted octanol–water partition coefficient (Wildman–Crippen LogP) is 1.70. The molecule has 0 atom stereocenters. The first-order chi connectivity index (χ1) is 8.04. The van der Waals surface area contributed by atoms with Gasteiger partial charge >= 0.3 is 0 Å². The van der Waals surface area contributed by atoms with Gasteiger partial charge in [0.05, 0.1) is 17.2 Å². The molecule has 0 heterocycles. The maximum atomic E-state index is 11.4. The van der Waals surface area contributed by atoms with Crippen LogP contribution in [0.25, 0.3) is 0 Å². The molecule has 90 valence electrons. The van der Waals surface area contributed by atoms with E-state index in [1.807, 2.05) is 25.1 Å². The second-order valence-electron chi connectivity index (χ2n) is 4.03. The number of likely N-dealkylation sites (N-methyl/N-ethyl adjacent to an activating group) is 1. The van der Waals surface area contributed by atoms with Crippen molar-refractivity contribution in [1.29, 1.82) is 5.26 Å². The smallest absolute Gasteiger partial charge is 0.163 e. The van der Waals surface area contributed by atoms with E-state index in [0.29, 0.717) is 23.5 Å². The molecule has 17 heavy (non-hydrogen) atoms. The SMILES string of the molecule is CC(=O)c1ccc(C#N)cc1OCCN(C)C. The zero-order valence-electron chi connectivity index (χ0n) is 10.4. The normalized spacial score (nSPS) is 10.1. The molecule has 0 saturated heterocycles. The summed E-state index contributed by atoms with van der Waals surface area (Å²) in [6.07, 6.45) is 0. The Morgan fingerprint density at radius 2 is 2.18 bits per heavy atom. The Kier molecular flexibility index (Phi) is 4.68. The van der Waals surface area contributed by atoms with Crippen molar-refractivity contribution in [3.63, 3.8) is 0 Å². The second kappa shape index (κ2) is 6.02. The van der Waals surface area contributed by atoms with Gasteiger partial charge in [0.2, 0.25) is 0 Å².